The maximum Gasteiger partial charge on any atom is 0.261 e. The van der Waals surface area contributed by atoms with Gasteiger partial charge in [-0.15, -0.1) is 0 Å². The largest absolute Gasteiger partial charge is 0.496 e. The molecule has 1 heterocycles. The zero-order chi connectivity index (χ0) is 21.3. The Balaban J connectivity index is 1.83. The molecule has 2 aromatic rings. The van der Waals surface area contributed by atoms with E-state index >= 15 is 0 Å². The van der Waals surface area contributed by atoms with Crippen LogP contribution >= 0.6 is 0 Å². The quantitative estimate of drug-likeness (QED) is 0.436. The molecular weight excluding hydrogens is 399 g/mol. The van der Waals surface area contributed by atoms with E-state index in [9.17, 15) is 26.7 Å². The molecule has 1 fully saturated rings. The Hall–Kier alpha value is -3.04. The zero-order valence-electron chi connectivity index (χ0n) is 15.6. The first-order valence-corrected chi connectivity index (χ1v) is 8.58. The maximum atomic E-state index is 14.0. The lowest BCUT2D eigenvalue weighted by atomic mass is 10.1. The van der Waals surface area contributed by atoms with Gasteiger partial charge >= 0.3 is 0 Å². The highest BCUT2D eigenvalue weighted by Crippen LogP contribution is 2.32. The van der Waals surface area contributed by atoms with Crippen molar-refractivity contribution in [1.29, 1.82) is 0 Å². The number of amides is 1. The fourth-order valence-electron chi connectivity index (χ4n) is 3.22. The van der Waals surface area contributed by atoms with Crippen LogP contribution in [0.5, 0.6) is 11.5 Å². The topological polar surface area (TPSA) is 42.0 Å². The number of carbonyl (C=O) groups is 1. The van der Waals surface area contributed by atoms with Gasteiger partial charge in [0.25, 0.3) is 5.91 Å². The van der Waals surface area contributed by atoms with Crippen molar-refractivity contribution in [3.8, 4) is 11.5 Å². The monoisotopic (exact) mass is 416 g/mol. The van der Waals surface area contributed by atoms with E-state index in [1.54, 1.807) is 18.2 Å². The standard InChI is InChI=1S/C19H17F5N2O3/c1-28-10-4-3-5-11(29-2)12(10)19(27)26-8-6-25(7-9-26)18-16(23)14(21)13(20)15(22)17(18)24/h3-5H,6-9H2,1-2H3. The summed E-state index contributed by atoms with van der Waals surface area (Å²) in [6.45, 7) is -0.248. The molecule has 0 aliphatic carbocycles. The van der Waals surface area contributed by atoms with E-state index < -0.39 is 40.7 Å². The molecular formula is C19H17F5N2O3. The van der Waals surface area contributed by atoms with Crippen molar-refractivity contribution in [1.82, 2.24) is 4.90 Å². The lowest BCUT2D eigenvalue weighted by Crippen LogP contribution is -2.49. The van der Waals surface area contributed by atoms with Gasteiger partial charge < -0.3 is 19.3 Å². The summed E-state index contributed by atoms with van der Waals surface area (Å²) >= 11 is 0. The molecule has 0 N–H and O–H groups in total. The van der Waals surface area contributed by atoms with Crippen molar-refractivity contribution in [3.05, 3.63) is 52.8 Å². The normalized spacial score (nSPS) is 14.2. The van der Waals surface area contributed by atoms with Gasteiger partial charge in [0.2, 0.25) is 5.82 Å². The molecule has 2 aromatic carbocycles. The molecule has 29 heavy (non-hydrogen) atoms. The third-order valence-corrected chi connectivity index (χ3v) is 4.71. The molecule has 3 rings (SSSR count). The summed E-state index contributed by atoms with van der Waals surface area (Å²) in [5.41, 5.74) is -0.814. The average Bonchev–Trinajstić information content (AvgIpc) is 2.75. The summed E-state index contributed by atoms with van der Waals surface area (Å²) in [5.74, 6) is -9.86. The number of ether oxygens (including phenoxy) is 2. The number of halogens is 5. The van der Waals surface area contributed by atoms with E-state index in [1.165, 1.54) is 19.1 Å². The van der Waals surface area contributed by atoms with Crippen LogP contribution in [0.15, 0.2) is 18.2 Å². The van der Waals surface area contributed by atoms with E-state index in [0.29, 0.717) is 0 Å². The van der Waals surface area contributed by atoms with Gasteiger partial charge in [-0.2, -0.15) is 0 Å². The molecule has 1 amide bonds. The van der Waals surface area contributed by atoms with Gasteiger partial charge in [-0.05, 0) is 12.1 Å². The molecule has 0 aromatic heterocycles. The molecule has 0 saturated carbocycles. The summed E-state index contributed by atoms with van der Waals surface area (Å²) in [6, 6.07) is 4.82. The molecule has 0 spiro atoms. The van der Waals surface area contributed by atoms with E-state index in [0.717, 1.165) is 4.90 Å². The number of piperazine rings is 1. The third-order valence-electron chi connectivity index (χ3n) is 4.71. The Kier molecular flexibility index (Phi) is 5.81. The van der Waals surface area contributed by atoms with Crippen molar-refractivity contribution in [2.75, 3.05) is 45.3 Å². The minimum Gasteiger partial charge on any atom is -0.496 e. The number of methoxy groups -OCH3 is 2. The van der Waals surface area contributed by atoms with Gasteiger partial charge in [-0.1, -0.05) is 6.07 Å². The van der Waals surface area contributed by atoms with Gasteiger partial charge in [0.15, 0.2) is 23.3 Å². The lowest BCUT2D eigenvalue weighted by molar-refractivity contribution is 0.0739. The minimum atomic E-state index is -2.21. The van der Waals surface area contributed by atoms with E-state index in [-0.39, 0.29) is 43.2 Å². The molecule has 156 valence electrons. The smallest absolute Gasteiger partial charge is 0.261 e. The molecule has 0 atom stereocenters. The Bertz CT molecular complexity index is 895. The van der Waals surface area contributed by atoms with Crippen LogP contribution in [0.4, 0.5) is 27.6 Å². The van der Waals surface area contributed by atoms with E-state index in [4.69, 9.17) is 9.47 Å². The Morgan fingerprint density at radius 3 is 1.69 bits per heavy atom. The van der Waals surface area contributed by atoms with Crippen molar-refractivity contribution in [2.24, 2.45) is 0 Å². The first-order valence-electron chi connectivity index (χ1n) is 8.58. The highest BCUT2D eigenvalue weighted by Gasteiger charge is 2.32. The number of hydrogen-bond acceptors (Lipinski definition) is 4. The summed E-state index contributed by atoms with van der Waals surface area (Å²) in [7, 11) is 2.79. The van der Waals surface area contributed by atoms with Crippen LogP contribution in [0.3, 0.4) is 0 Å². The molecule has 0 radical (unpaired) electrons. The molecule has 10 heteroatoms. The highest BCUT2D eigenvalue weighted by atomic mass is 19.2. The third kappa shape index (κ3) is 3.54. The van der Waals surface area contributed by atoms with Crippen molar-refractivity contribution >= 4 is 11.6 Å². The first-order chi connectivity index (χ1) is 13.8. The summed E-state index contributed by atoms with van der Waals surface area (Å²) < 4.78 is 78.6. The number of hydrogen-bond donors (Lipinski definition) is 0. The van der Waals surface area contributed by atoms with Crippen LogP contribution in [0.1, 0.15) is 10.4 Å². The molecule has 1 aliphatic rings. The maximum absolute atomic E-state index is 14.0. The van der Waals surface area contributed by atoms with Crippen molar-refractivity contribution < 1.29 is 36.2 Å². The zero-order valence-corrected chi connectivity index (χ0v) is 15.6. The highest BCUT2D eigenvalue weighted by molar-refractivity contribution is 5.99. The van der Waals surface area contributed by atoms with Gasteiger partial charge in [0, 0.05) is 26.2 Å². The predicted octanol–water partition coefficient (Wildman–Crippen LogP) is 3.36. The fraction of sp³-hybridized carbons (Fsp3) is 0.316. The first kappa shape index (κ1) is 20.7. The number of anilines is 1. The van der Waals surface area contributed by atoms with Crippen molar-refractivity contribution in [2.45, 2.75) is 0 Å². The van der Waals surface area contributed by atoms with Crippen LogP contribution in [0.25, 0.3) is 0 Å². The van der Waals surface area contributed by atoms with Crippen molar-refractivity contribution in [3.63, 3.8) is 0 Å². The molecule has 1 saturated heterocycles. The average molecular weight is 416 g/mol. The fourth-order valence-corrected chi connectivity index (χ4v) is 3.22. The number of carbonyl (C=O) groups excluding carboxylic acids is 1. The number of nitrogens with zero attached hydrogens (tertiary/aromatic N) is 2. The molecule has 0 bridgehead atoms. The van der Waals surface area contributed by atoms with Gasteiger partial charge in [0.1, 0.15) is 22.7 Å². The summed E-state index contributed by atoms with van der Waals surface area (Å²) in [5, 5.41) is 0. The molecule has 1 aliphatic heterocycles. The van der Waals surface area contributed by atoms with Crippen LogP contribution in [0, 0.1) is 29.1 Å². The molecule has 0 unspecified atom stereocenters. The summed E-state index contributed by atoms with van der Waals surface area (Å²) in [6.07, 6.45) is 0. The lowest BCUT2D eigenvalue weighted by Gasteiger charge is -2.36. The van der Waals surface area contributed by atoms with Crippen LogP contribution < -0.4 is 14.4 Å². The van der Waals surface area contributed by atoms with Gasteiger partial charge in [0.05, 0.1) is 14.2 Å². The van der Waals surface area contributed by atoms with E-state index in [1.807, 2.05) is 0 Å². The Morgan fingerprint density at radius 2 is 1.24 bits per heavy atom. The minimum absolute atomic E-state index is 0.000466. The predicted molar refractivity (Wildman–Crippen MR) is 93.9 cm³/mol. The van der Waals surface area contributed by atoms with Crippen LogP contribution in [-0.4, -0.2) is 51.2 Å². The Labute approximate surface area is 163 Å². The van der Waals surface area contributed by atoms with Gasteiger partial charge in [-0.25, -0.2) is 22.0 Å². The Morgan fingerprint density at radius 1 is 0.793 bits per heavy atom. The second-order valence-corrected chi connectivity index (χ2v) is 6.24. The van der Waals surface area contributed by atoms with Crippen LogP contribution in [0.2, 0.25) is 0 Å². The number of benzene rings is 2. The SMILES string of the molecule is COc1cccc(OC)c1C(=O)N1CCN(c2c(F)c(F)c(F)c(F)c2F)CC1. The molecule has 5 nitrogen and oxygen atoms in total. The van der Waals surface area contributed by atoms with Crippen LogP contribution in [-0.2, 0) is 0 Å². The van der Waals surface area contributed by atoms with Gasteiger partial charge in [-0.3, -0.25) is 4.79 Å². The second-order valence-electron chi connectivity index (χ2n) is 6.24. The van der Waals surface area contributed by atoms with E-state index in [2.05, 4.69) is 0 Å². The second kappa shape index (κ2) is 8.14. The summed E-state index contributed by atoms with van der Waals surface area (Å²) in [4.78, 5) is 15.3. The number of rotatable bonds is 4.